The van der Waals surface area contributed by atoms with E-state index in [1.165, 1.54) is 0 Å². The zero-order chi connectivity index (χ0) is 15.5. The maximum absolute atomic E-state index is 12.8. The molecule has 2 heterocycles. The topological polar surface area (TPSA) is 60.0 Å². The molecular weight excluding hydrogens is 284 g/mol. The first-order valence-corrected chi connectivity index (χ1v) is 7.67. The highest BCUT2D eigenvalue weighted by atomic mass is 16.6. The summed E-state index contributed by atoms with van der Waals surface area (Å²) in [7, 11) is 3.51. The number of benzene rings is 1. The maximum atomic E-state index is 12.8. The second-order valence-electron chi connectivity index (χ2n) is 5.58. The summed E-state index contributed by atoms with van der Waals surface area (Å²) in [5, 5.41) is 3.25. The van der Waals surface area contributed by atoms with Gasteiger partial charge < -0.3 is 24.4 Å². The molecule has 2 aliphatic rings. The van der Waals surface area contributed by atoms with Crippen LogP contribution in [0.15, 0.2) is 12.1 Å². The summed E-state index contributed by atoms with van der Waals surface area (Å²) >= 11 is 0. The summed E-state index contributed by atoms with van der Waals surface area (Å²) in [5.74, 6) is 1.71. The molecule has 0 bridgehead atoms. The van der Waals surface area contributed by atoms with Crippen LogP contribution in [0.3, 0.4) is 0 Å². The van der Waals surface area contributed by atoms with E-state index in [1.54, 1.807) is 19.2 Å². The minimum Gasteiger partial charge on any atom is -0.493 e. The number of carbonyl (C=O) groups is 1. The monoisotopic (exact) mass is 306 g/mol. The number of hydrogen-bond acceptors (Lipinski definition) is 5. The van der Waals surface area contributed by atoms with Gasteiger partial charge in [-0.3, -0.25) is 4.79 Å². The molecule has 2 aliphatic heterocycles. The third-order valence-electron chi connectivity index (χ3n) is 4.19. The van der Waals surface area contributed by atoms with E-state index < -0.39 is 0 Å². The fraction of sp³-hybridized carbons (Fsp3) is 0.562. The quantitative estimate of drug-likeness (QED) is 0.912. The van der Waals surface area contributed by atoms with Gasteiger partial charge in [-0.1, -0.05) is 0 Å². The average molecular weight is 306 g/mol. The van der Waals surface area contributed by atoms with Crippen molar-refractivity contribution in [2.75, 3.05) is 40.5 Å². The third kappa shape index (κ3) is 2.83. The second-order valence-corrected chi connectivity index (χ2v) is 5.58. The van der Waals surface area contributed by atoms with Crippen molar-refractivity contribution >= 4 is 5.91 Å². The van der Waals surface area contributed by atoms with Crippen molar-refractivity contribution in [3.8, 4) is 17.2 Å². The van der Waals surface area contributed by atoms with Crippen LogP contribution < -0.4 is 19.5 Å². The molecule has 22 heavy (non-hydrogen) atoms. The molecular formula is C16H22N2O4. The lowest BCUT2D eigenvalue weighted by Gasteiger charge is -2.33. The summed E-state index contributed by atoms with van der Waals surface area (Å²) in [6.07, 6.45) is 2.11. The summed E-state index contributed by atoms with van der Waals surface area (Å²) in [4.78, 5) is 14.6. The molecule has 1 N–H and O–H groups in total. The Morgan fingerprint density at radius 1 is 1.36 bits per heavy atom. The van der Waals surface area contributed by atoms with Crippen molar-refractivity contribution in [3.05, 3.63) is 17.7 Å². The smallest absolute Gasteiger partial charge is 0.254 e. The van der Waals surface area contributed by atoms with Crippen molar-refractivity contribution in [1.29, 1.82) is 0 Å². The molecule has 0 radical (unpaired) electrons. The predicted octanol–water partition coefficient (Wildman–Crippen LogP) is 1.29. The molecule has 0 spiro atoms. The first-order valence-electron chi connectivity index (χ1n) is 7.67. The van der Waals surface area contributed by atoms with E-state index >= 15 is 0 Å². The lowest BCUT2D eigenvalue weighted by molar-refractivity contribution is 0.0696. The fourth-order valence-electron chi connectivity index (χ4n) is 2.98. The maximum Gasteiger partial charge on any atom is 0.254 e. The van der Waals surface area contributed by atoms with Crippen LogP contribution in [0.4, 0.5) is 0 Å². The zero-order valence-corrected chi connectivity index (χ0v) is 13.1. The number of carbonyl (C=O) groups excluding carboxylic acids is 1. The predicted molar refractivity (Wildman–Crippen MR) is 82.0 cm³/mol. The van der Waals surface area contributed by atoms with Gasteiger partial charge in [-0.15, -0.1) is 0 Å². The SMILES string of the molecule is CNC1CCCN(C(=O)c2cc(OC)c3c(c2)OCCO3)C1. The van der Waals surface area contributed by atoms with E-state index in [4.69, 9.17) is 14.2 Å². The molecule has 1 fully saturated rings. The van der Waals surface area contributed by atoms with Crippen molar-refractivity contribution in [2.45, 2.75) is 18.9 Å². The molecule has 1 aromatic carbocycles. The third-order valence-corrected chi connectivity index (χ3v) is 4.19. The lowest BCUT2D eigenvalue weighted by Crippen LogP contribution is -2.46. The molecule has 1 unspecified atom stereocenters. The standard InChI is InChI=1S/C16H22N2O4/c1-17-12-4-3-5-18(10-12)16(19)11-8-13(20-2)15-14(9-11)21-6-7-22-15/h8-9,12,17H,3-7,10H2,1-2H3. The molecule has 6 nitrogen and oxygen atoms in total. The average Bonchev–Trinajstić information content (AvgIpc) is 2.60. The first kappa shape index (κ1) is 15.0. The minimum atomic E-state index is 0.00947. The van der Waals surface area contributed by atoms with E-state index in [9.17, 15) is 4.79 Å². The van der Waals surface area contributed by atoms with Gasteiger partial charge in [-0.2, -0.15) is 0 Å². The van der Waals surface area contributed by atoms with Crippen LogP contribution >= 0.6 is 0 Å². The Morgan fingerprint density at radius 2 is 2.18 bits per heavy atom. The molecule has 1 amide bonds. The number of rotatable bonds is 3. The normalized spacial score (nSPS) is 20.6. The number of fused-ring (bicyclic) bond motifs is 1. The van der Waals surface area contributed by atoms with Gasteiger partial charge in [-0.25, -0.2) is 0 Å². The van der Waals surface area contributed by atoms with Gasteiger partial charge in [0, 0.05) is 24.7 Å². The Balaban J connectivity index is 1.86. The van der Waals surface area contributed by atoms with Crippen LogP contribution in [0.2, 0.25) is 0 Å². The van der Waals surface area contributed by atoms with Gasteiger partial charge in [0.25, 0.3) is 5.91 Å². The van der Waals surface area contributed by atoms with E-state index in [0.29, 0.717) is 42.1 Å². The van der Waals surface area contributed by atoms with Gasteiger partial charge in [0.1, 0.15) is 13.2 Å². The molecule has 0 saturated carbocycles. The van der Waals surface area contributed by atoms with Crippen LogP contribution in [0.1, 0.15) is 23.2 Å². The van der Waals surface area contributed by atoms with Gasteiger partial charge in [0.2, 0.25) is 5.75 Å². The number of likely N-dealkylation sites (N-methyl/N-ethyl adjacent to an activating group) is 1. The summed E-state index contributed by atoms with van der Waals surface area (Å²) < 4.78 is 16.5. The highest BCUT2D eigenvalue weighted by Crippen LogP contribution is 2.40. The van der Waals surface area contributed by atoms with Crippen molar-refractivity contribution in [1.82, 2.24) is 10.2 Å². The van der Waals surface area contributed by atoms with Gasteiger partial charge in [-0.05, 0) is 32.0 Å². The molecule has 1 atom stereocenters. The van der Waals surface area contributed by atoms with E-state index in [2.05, 4.69) is 5.32 Å². The highest BCUT2D eigenvalue weighted by molar-refractivity contribution is 5.95. The number of ether oxygens (including phenoxy) is 3. The number of amides is 1. The van der Waals surface area contributed by atoms with Gasteiger partial charge in [0.05, 0.1) is 7.11 Å². The molecule has 120 valence electrons. The van der Waals surface area contributed by atoms with Crippen LogP contribution in [0, 0.1) is 0 Å². The number of nitrogens with one attached hydrogen (secondary N) is 1. The summed E-state index contributed by atoms with van der Waals surface area (Å²) in [5.41, 5.74) is 0.581. The number of methoxy groups -OCH3 is 1. The van der Waals surface area contributed by atoms with Crippen molar-refractivity contribution in [3.63, 3.8) is 0 Å². The molecule has 3 rings (SSSR count). The number of likely N-dealkylation sites (tertiary alicyclic amines) is 1. The molecule has 1 aromatic rings. The first-order chi connectivity index (χ1) is 10.7. The lowest BCUT2D eigenvalue weighted by atomic mass is 10.0. The molecule has 6 heteroatoms. The Kier molecular flexibility index (Phi) is 4.38. The summed E-state index contributed by atoms with van der Waals surface area (Å²) in [6, 6.07) is 3.85. The Bertz CT molecular complexity index is 544. The largest absolute Gasteiger partial charge is 0.493 e. The van der Waals surface area contributed by atoms with E-state index in [0.717, 1.165) is 25.9 Å². The Hall–Kier alpha value is -1.95. The zero-order valence-electron chi connectivity index (χ0n) is 13.1. The summed E-state index contributed by atoms with van der Waals surface area (Å²) in [6.45, 7) is 2.49. The Labute approximate surface area is 130 Å². The number of hydrogen-bond donors (Lipinski definition) is 1. The second kappa shape index (κ2) is 6.44. The van der Waals surface area contributed by atoms with Crippen molar-refractivity contribution < 1.29 is 19.0 Å². The molecule has 0 aliphatic carbocycles. The highest BCUT2D eigenvalue weighted by Gasteiger charge is 2.26. The molecule has 0 aromatic heterocycles. The van der Waals surface area contributed by atoms with E-state index in [1.807, 2.05) is 11.9 Å². The van der Waals surface area contributed by atoms with Crippen LogP contribution in [0.5, 0.6) is 17.2 Å². The number of piperidine rings is 1. The molecule has 1 saturated heterocycles. The van der Waals surface area contributed by atoms with Crippen LogP contribution in [-0.4, -0.2) is 57.3 Å². The van der Waals surface area contributed by atoms with Gasteiger partial charge in [0.15, 0.2) is 11.5 Å². The number of nitrogens with zero attached hydrogens (tertiary/aromatic N) is 1. The Morgan fingerprint density at radius 3 is 2.95 bits per heavy atom. The fourth-order valence-corrected chi connectivity index (χ4v) is 2.98. The van der Waals surface area contributed by atoms with Crippen LogP contribution in [0.25, 0.3) is 0 Å². The van der Waals surface area contributed by atoms with Crippen molar-refractivity contribution in [2.24, 2.45) is 0 Å². The van der Waals surface area contributed by atoms with Crippen LogP contribution in [-0.2, 0) is 0 Å². The van der Waals surface area contributed by atoms with E-state index in [-0.39, 0.29) is 5.91 Å². The van der Waals surface area contributed by atoms with Gasteiger partial charge >= 0.3 is 0 Å². The minimum absolute atomic E-state index is 0.00947.